The zero-order chi connectivity index (χ0) is 16.7. The van der Waals surface area contributed by atoms with Crippen LogP contribution in [0, 0.1) is 0 Å². The van der Waals surface area contributed by atoms with Gasteiger partial charge in [0.25, 0.3) is 11.5 Å². The topological polar surface area (TPSA) is 80.3 Å². The lowest BCUT2D eigenvalue weighted by atomic mass is 9.97. The average molecular weight is 330 g/mol. The van der Waals surface area contributed by atoms with Gasteiger partial charge in [0.1, 0.15) is 0 Å². The molecule has 1 aliphatic heterocycles. The Bertz CT molecular complexity index is 771. The van der Waals surface area contributed by atoms with E-state index < -0.39 is 0 Å². The molecule has 2 aromatic rings. The molecule has 1 saturated heterocycles. The molecule has 2 aliphatic rings. The Morgan fingerprint density at radius 2 is 1.96 bits per heavy atom. The van der Waals surface area contributed by atoms with E-state index in [0.717, 1.165) is 38.8 Å². The van der Waals surface area contributed by atoms with E-state index in [-0.39, 0.29) is 11.5 Å². The molecule has 128 valence electrons. The van der Waals surface area contributed by atoms with Crippen LogP contribution < -0.4 is 15.4 Å². The van der Waals surface area contributed by atoms with Gasteiger partial charge in [-0.2, -0.15) is 4.98 Å². The number of hydrogen-bond donors (Lipinski definition) is 0. The summed E-state index contributed by atoms with van der Waals surface area (Å²) in [7, 11) is 3.78. The van der Waals surface area contributed by atoms with Crippen LogP contribution in [0.2, 0.25) is 0 Å². The Labute approximate surface area is 140 Å². The van der Waals surface area contributed by atoms with E-state index in [1.54, 1.807) is 12.4 Å². The van der Waals surface area contributed by atoms with E-state index in [9.17, 15) is 4.79 Å². The van der Waals surface area contributed by atoms with E-state index >= 15 is 0 Å². The Morgan fingerprint density at radius 1 is 1.21 bits per heavy atom. The van der Waals surface area contributed by atoms with E-state index in [1.165, 1.54) is 0 Å². The smallest absolute Gasteiger partial charge is 0.293 e. The highest BCUT2D eigenvalue weighted by Gasteiger charge is 2.29. The molecule has 2 aromatic heterocycles. The second kappa shape index (κ2) is 5.92. The summed E-state index contributed by atoms with van der Waals surface area (Å²) in [5.74, 6) is 2.11. The van der Waals surface area contributed by atoms with Crippen LogP contribution in [0.4, 0.5) is 11.8 Å². The number of nitrogens with zero attached hydrogens (tertiary/aromatic N) is 6. The van der Waals surface area contributed by atoms with Crippen molar-refractivity contribution in [3.05, 3.63) is 28.6 Å². The minimum absolute atomic E-state index is 0.0335. The fourth-order valence-electron chi connectivity index (χ4n) is 3.18. The second-order valence-electron chi connectivity index (χ2n) is 6.78. The highest BCUT2D eigenvalue weighted by molar-refractivity contribution is 5.37. The van der Waals surface area contributed by atoms with Crippen LogP contribution in [-0.4, -0.2) is 46.9 Å². The normalized spacial score (nSPS) is 18.8. The van der Waals surface area contributed by atoms with Crippen molar-refractivity contribution in [3.63, 3.8) is 0 Å². The molecular weight excluding hydrogens is 308 g/mol. The maximum Gasteiger partial charge on any atom is 0.293 e. The molecule has 0 radical (unpaired) electrons. The maximum atomic E-state index is 12.6. The molecule has 0 aromatic carbocycles. The molecule has 8 heteroatoms. The maximum absolute atomic E-state index is 12.6. The van der Waals surface area contributed by atoms with Crippen LogP contribution >= 0.6 is 0 Å². The van der Waals surface area contributed by atoms with Gasteiger partial charge >= 0.3 is 0 Å². The molecule has 8 nitrogen and oxygen atoms in total. The van der Waals surface area contributed by atoms with Crippen molar-refractivity contribution in [2.24, 2.45) is 0 Å². The van der Waals surface area contributed by atoms with E-state index in [0.29, 0.717) is 23.7 Å². The molecule has 0 amide bonds. The third-order valence-corrected chi connectivity index (χ3v) is 4.76. The summed E-state index contributed by atoms with van der Waals surface area (Å²) in [4.78, 5) is 25.3. The molecule has 0 atom stereocenters. The first-order chi connectivity index (χ1) is 11.6. The highest BCUT2D eigenvalue weighted by Crippen LogP contribution is 2.34. The van der Waals surface area contributed by atoms with Crippen molar-refractivity contribution in [1.82, 2.24) is 19.7 Å². The Morgan fingerprint density at radius 3 is 2.58 bits per heavy atom. The van der Waals surface area contributed by atoms with Crippen LogP contribution in [0.5, 0.6) is 0 Å². The predicted molar refractivity (Wildman–Crippen MR) is 89.6 cm³/mol. The predicted octanol–water partition coefficient (Wildman–Crippen LogP) is 1.41. The zero-order valence-corrected chi connectivity index (χ0v) is 14.1. The van der Waals surface area contributed by atoms with Gasteiger partial charge < -0.3 is 18.9 Å². The summed E-state index contributed by atoms with van der Waals surface area (Å²) in [6.07, 6.45) is 7.50. The summed E-state index contributed by atoms with van der Waals surface area (Å²) < 4.78 is 7.22. The monoisotopic (exact) mass is 330 g/mol. The van der Waals surface area contributed by atoms with E-state index in [1.807, 2.05) is 23.6 Å². The first-order valence-electron chi connectivity index (χ1n) is 8.46. The van der Waals surface area contributed by atoms with Crippen LogP contribution in [0.15, 0.2) is 21.7 Å². The second-order valence-corrected chi connectivity index (χ2v) is 6.78. The van der Waals surface area contributed by atoms with Gasteiger partial charge in [-0.1, -0.05) is 0 Å². The van der Waals surface area contributed by atoms with Gasteiger partial charge in [0.2, 0.25) is 5.89 Å². The number of aromatic nitrogens is 4. The van der Waals surface area contributed by atoms with Crippen molar-refractivity contribution in [2.75, 3.05) is 37.0 Å². The third kappa shape index (κ3) is 2.76. The number of piperidine rings is 1. The van der Waals surface area contributed by atoms with Crippen molar-refractivity contribution >= 4 is 11.8 Å². The number of anilines is 2. The minimum Gasteiger partial charge on any atom is -0.352 e. The molecule has 0 bridgehead atoms. The van der Waals surface area contributed by atoms with Gasteiger partial charge in [0, 0.05) is 51.5 Å². The first kappa shape index (κ1) is 15.2. The molecule has 3 heterocycles. The summed E-state index contributed by atoms with van der Waals surface area (Å²) in [6.45, 7) is 1.56. The van der Waals surface area contributed by atoms with Gasteiger partial charge in [-0.05, 0) is 30.8 Å². The summed E-state index contributed by atoms with van der Waals surface area (Å²) in [5, 5.41) is 3.98. The highest BCUT2D eigenvalue weighted by atomic mass is 16.5. The fraction of sp³-hybridized carbons (Fsp3) is 0.625. The standard InChI is InChI=1S/C16H22N6O2/c1-20(2)16-18-14(24-19-16)11-5-8-21(9-6-11)13-15(23)22(10-7-17-13)12-3-4-12/h7,10-12H,3-6,8-9H2,1-2H3. The molecule has 4 rings (SSSR count). The van der Waals surface area contributed by atoms with Crippen molar-refractivity contribution in [2.45, 2.75) is 37.6 Å². The lowest BCUT2D eigenvalue weighted by Crippen LogP contribution is -2.38. The Balaban J connectivity index is 1.46. The van der Waals surface area contributed by atoms with Crippen molar-refractivity contribution < 1.29 is 4.52 Å². The molecule has 1 aliphatic carbocycles. The number of hydrogen-bond acceptors (Lipinski definition) is 7. The third-order valence-electron chi connectivity index (χ3n) is 4.76. The minimum atomic E-state index is 0.0335. The van der Waals surface area contributed by atoms with E-state index in [4.69, 9.17) is 4.52 Å². The molecule has 1 saturated carbocycles. The summed E-state index contributed by atoms with van der Waals surface area (Å²) in [6, 6.07) is 0.375. The summed E-state index contributed by atoms with van der Waals surface area (Å²) in [5.41, 5.74) is 0.0335. The van der Waals surface area contributed by atoms with Crippen LogP contribution in [0.3, 0.4) is 0 Å². The molecular formula is C16H22N6O2. The van der Waals surface area contributed by atoms with Crippen LogP contribution in [0.25, 0.3) is 0 Å². The van der Waals surface area contributed by atoms with Gasteiger partial charge in [0.15, 0.2) is 5.82 Å². The average Bonchev–Trinajstić information content (AvgIpc) is 3.30. The van der Waals surface area contributed by atoms with Crippen molar-refractivity contribution in [1.29, 1.82) is 0 Å². The Hall–Kier alpha value is -2.38. The van der Waals surface area contributed by atoms with Gasteiger partial charge in [0.05, 0.1) is 0 Å². The first-order valence-corrected chi connectivity index (χ1v) is 8.46. The largest absolute Gasteiger partial charge is 0.352 e. The van der Waals surface area contributed by atoms with E-state index in [2.05, 4.69) is 20.0 Å². The van der Waals surface area contributed by atoms with Crippen molar-refractivity contribution in [3.8, 4) is 0 Å². The quantitative estimate of drug-likeness (QED) is 0.838. The lowest BCUT2D eigenvalue weighted by Gasteiger charge is -2.30. The van der Waals surface area contributed by atoms with Gasteiger partial charge in [-0.3, -0.25) is 4.79 Å². The zero-order valence-electron chi connectivity index (χ0n) is 14.1. The molecule has 0 N–H and O–H groups in total. The Kier molecular flexibility index (Phi) is 3.74. The van der Waals surface area contributed by atoms with Gasteiger partial charge in [-0.15, -0.1) is 0 Å². The molecule has 0 unspecified atom stereocenters. The number of rotatable bonds is 4. The SMILES string of the molecule is CN(C)c1noc(C2CCN(c3nccn(C4CC4)c3=O)CC2)n1. The van der Waals surface area contributed by atoms with Gasteiger partial charge in [-0.25, -0.2) is 4.98 Å². The van der Waals surface area contributed by atoms with Crippen LogP contribution in [-0.2, 0) is 0 Å². The lowest BCUT2D eigenvalue weighted by molar-refractivity contribution is 0.328. The molecule has 2 fully saturated rings. The molecule has 0 spiro atoms. The van der Waals surface area contributed by atoms with Crippen LogP contribution in [0.1, 0.15) is 43.5 Å². The fourth-order valence-corrected chi connectivity index (χ4v) is 3.18. The summed E-state index contributed by atoms with van der Waals surface area (Å²) >= 11 is 0. The molecule has 24 heavy (non-hydrogen) atoms.